The molecule has 0 bridgehead atoms. The van der Waals surface area contributed by atoms with Crippen LogP contribution in [0.4, 0.5) is 5.13 Å². The first-order chi connectivity index (χ1) is 9.57. The Hall–Kier alpha value is -1.33. The van der Waals surface area contributed by atoms with Crippen LogP contribution in [-0.4, -0.2) is 33.9 Å². The standard InChI is InChI=1S/C12H17N5OS2/c1-3-14-10-16-17-11(20-10)19-6-9(18)15-12(2,7-13)8-4-5-8/h8H,3-6H2,1-2H3,(H,14,16)(H,15,18). The van der Waals surface area contributed by atoms with Crippen molar-refractivity contribution in [1.82, 2.24) is 15.5 Å². The summed E-state index contributed by atoms with van der Waals surface area (Å²) in [6.07, 6.45) is 2.03. The van der Waals surface area contributed by atoms with Gasteiger partial charge in [-0.2, -0.15) is 5.26 Å². The van der Waals surface area contributed by atoms with Gasteiger partial charge in [-0.3, -0.25) is 4.79 Å². The van der Waals surface area contributed by atoms with E-state index in [0.29, 0.717) is 5.92 Å². The zero-order valence-electron chi connectivity index (χ0n) is 11.5. The van der Waals surface area contributed by atoms with E-state index >= 15 is 0 Å². The fourth-order valence-electron chi connectivity index (χ4n) is 1.83. The Balaban J connectivity index is 1.81. The predicted octanol–water partition coefficient (Wildman–Crippen LogP) is 1.87. The molecule has 1 heterocycles. The maximum Gasteiger partial charge on any atom is 0.231 e. The highest BCUT2D eigenvalue weighted by Gasteiger charge is 2.42. The van der Waals surface area contributed by atoms with Gasteiger partial charge in [0.15, 0.2) is 4.34 Å². The van der Waals surface area contributed by atoms with Gasteiger partial charge in [-0.05, 0) is 32.6 Å². The molecule has 1 aromatic heterocycles. The van der Waals surface area contributed by atoms with Crippen LogP contribution < -0.4 is 10.6 Å². The highest BCUT2D eigenvalue weighted by Crippen LogP contribution is 2.39. The van der Waals surface area contributed by atoms with E-state index in [0.717, 1.165) is 28.9 Å². The van der Waals surface area contributed by atoms with Gasteiger partial charge in [-0.15, -0.1) is 10.2 Å². The molecule has 108 valence electrons. The molecule has 0 radical (unpaired) electrons. The van der Waals surface area contributed by atoms with Crippen LogP contribution in [0.2, 0.25) is 0 Å². The summed E-state index contributed by atoms with van der Waals surface area (Å²) in [6.45, 7) is 4.57. The average molecular weight is 311 g/mol. The summed E-state index contributed by atoms with van der Waals surface area (Å²) < 4.78 is 0.751. The Morgan fingerprint density at radius 2 is 2.35 bits per heavy atom. The number of anilines is 1. The minimum Gasteiger partial charge on any atom is -0.360 e. The lowest BCUT2D eigenvalue weighted by atomic mass is 9.98. The number of nitriles is 1. The number of nitrogens with one attached hydrogen (secondary N) is 2. The van der Waals surface area contributed by atoms with Gasteiger partial charge >= 0.3 is 0 Å². The van der Waals surface area contributed by atoms with E-state index in [-0.39, 0.29) is 11.7 Å². The Bertz CT molecular complexity index is 522. The van der Waals surface area contributed by atoms with Gasteiger partial charge in [-0.25, -0.2) is 0 Å². The maximum atomic E-state index is 11.9. The van der Waals surface area contributed by atoms with Crippen molar-refractivity contribution >= 4 is 34.1 Å². The minimum atomic E-state index is -0.728. The van der Waals surface area contributed by atoms with Gasteiger partial charge in [0, 0.05) is 6.54 Å². The fourth-order valence-corrected chi connectivity index (χ4v) is 3.45. The molecule has 2 N–H and O–H groups in total. The van der Waals surface area contributed by atoms with Gasteiger partial charge in [0.05, 0.1) is 11.8 Å². The lowest BCUT2D eigenvalue weighted by Gasteiger charge is -2.22. The molecule has 2 rings (SSSR count). The lowest BCUT2D eigenvalue weighted by Crippen LogP contribution is -2.47. The summed E-state index contributed by atoms with van der Waals surface area (Å²) in [4.78, 5) is 11.9. The predicted molar refractivity (Wildman–Crippen MR) is 79.7 cm³/mol. The summed E-state index contributed by atoms with van der Waals surface area (Å²) in [6, 6.07) is 2.21. The average Bonchev–Trinajstić information content (AvgIpc) is 3.19. The van der Waals surface area contributed by atoms with Crippen LogP contribution in [0.15, 0.2) is 4.34 Å². The third-order valence-corrected chi connectivity index (χ3v) is 5.10. The zero-order chi connectivity index (χ0) is 14.6. The number of rotatable bonds is 7. The summed E-state index contributed by atoms with van der Waals surface area (Å²) >= 11 is 2.77. The zero-order valence-corrected chi connectivity index (χ0v) is 13.1. The Morgan fingerprint density at radius 3 is 2.95 bits per heavy atom. The quantitative estimate of drug-likeness (QED) is 0.747. The molecule has 20 heavy (non-hydrogen) atoms. The second-order valence-corrected chi connectivity index (χ2v) is 7.03. The van der Waals surface area contributed by atoms with Gasteiger partial charge in [0.2, 0.25) is 11.0 Å². The molecule has 1 fully saturated rings. The molecule has 1 amide bonds. The van der Waals surface area contributed by atoms with E-state index in [1.54, 1.807) is 6.92 Å². The highest BCUT2D eigenvalue weighted by molar-refractivity contribution is 8.01. The van der Waals surface area contributed by atoms with Crippen molar-refractivity contribution < 1.29 is 4.79 Å². The first kappa shape index (κ1) is 15.1. The first-order valence-electron chi connectivity index (χ1n) is 6.50. The molecule has 0 aliphatic heterocycles. The van der Waals surface area contributed by atoms with Gasteiger partial charge < -0.3 is 10.6 Å². The van der Waals surface area contributed by atoms with Crippen molar-refractivity contribution in [3.63, 3.8) is 0 Å². The number of hydrogen-bond acceptors (Lipinski definition) is 7. The number of hydrogen-bond donors (Lipinski definition) is 2. The Kier molecular flexibility index (Phi) is 4.83. The summed E-state index contributed by atoms with van der Waals surface area (Å²) in [5.41, 5.74) is -0.728. The van der Waals surface area contributed by atoms with E-state index < -0.39 is 5.54 Å². The number of thioether (sulfide) groups is 1. The molecule has 0 spiro atoms. The first-order valence-corrected chi connectivity index (χ1v) is 8.30. The van der Waals surface area contributed by atoms with Gasteiger partial charge in [0.25, 0.3) is 0 Å². The number of amides is 1. The normalized spacial score (nSPS) is 17.1. The monoisotopic (exact) mass is 311 g/mol. The molecule has 1 unspecified atom stereocenters. The van der Waals surface area contributed by atoms with Crippen molar-refractivity contribution in [1.29, 1.82) is 5.26 Å². The summed E-state index contributed by atoms with van der Waals surface area (Å²) in [5, 5.41) is 23.8. The molecular formula is C12H17N5OS2. The van der Waals surface area contributed by atoms with E-state index in [1.807, 2.05) is 6.92 Å². The van der Waals surface area contributed by atoms with E-state index in [1.165, 1.54) is 23.1 Å². The molecule has 1 aliphatic carbocycles. The third-order valence-electron chi connectivity index (χ3n) is 3.09. The second-order valence-electron chi connectivity index (χ2n) is 4.83. The molecule has 0 aromatic carbocycles. The van der Waals surface area contributed by atoms with Crippen molar-refractivity contribution in [2.75, 3.05) is 17.6 Å². The van der Waals surface area contributed by atoms with E-state index in [4.69, 9.17) is 0 Å². The minimum absolute atomic E-state index is 0.133. The van der Waals surface area contributed by atoms with Crippen LogP contribution in [0, 0.1) is 17.2 Å². The molecule has 0 saturated heterocycles. The molecule has 1 aromatic rings. The second kappa shape index (κ2) is 6.41. The topological polar surface area (TPSA) is 90.7 Å². The van der Waals surface area contributed by atoms with Crippen LogP contribution in [0.3, 0.4) is 0 Å². The maximum absolute atomic E-state index is 11.9. The van der Waals surface area contributed by atoms with Crippen LogP contribution >= 0.6 is 23.1 Å². The van der Waals surface area contributed by atoms with Gasteiger partial charge in [-0.1, -0.05) is 23.1 Å². The fraction of sp³-hybridized carbons (Fsp3) is 0.667. The number of carbonyl (C=O) groups is 1. The summed E-state index contributed by atoms with van der Waals surface area (Å²) in [5.74, 6) is 0.416. The van der Waals surface area contributed by atoms with Crippen LogP contribution in [0.1, 0.15) is 26.7 Å². The van der Waals surface area contributed by atoms with E-state index in [9.17, 15) is 10.1 Å². The van der Waals surface area contributed by atoms with Gasteiger partial charge in [0.1, 0.15) is 5.54 Å². The molecule has 1 atom stereocenters. The Labute approximate surface area is 126 Å². The van der Waals surface area contributed by atoms with Crippen LogP contribution in [0.5, 0.6) is 0 Å². The van der Waals surface area contributed by atoms with E-state index in [2.05, 4.69) is 26.9 Å². The van der Waals surface area contributed by atoms with Crippen molar-refractivity contribution in [2.24, 2.45) is 5.92 Å². The van der Waals surface area contributed by atoms with Crippen LogP contribution in [-0.2, 0) is 4.79 Å². The SMILES string of the molecule is CCNc1nnc(SCC(=O)NC(C)(C#N)C2CC2)s1. The summed E-state index contributed by atoms with van der Waals surface area (Å²) in [7, 11) is 0. The van der Waals surface area contributed by atoms with Crippen molar-refractivity contribution in [3.8, 4) is 6.07 Å². The molecule has 8 heteroatoms. The van der Waals surface area contributed by atoms with Crippen molar-refractivity contribution in [3.05, 3.63) is 0 Å². The highest BCUT2D eigenvalue weighted by atomic mass is 32.2. The largest absolute Gasteiger partial charge is 0.360 e. The number of carbonyl (C=O) groups excluding carboxylic acids is 1. The van der Waals surface area contributed by atoms with Crippen LogP contribution in [0.25, 0.3) is 0 Å². The third kappa shape index (κ3) is 3.84. The molecular weight excluding hydrogens is 294 g/mol. The molecule has 1 aliphatic rings. The molecule has 1 saturated carbocycles. The Morgan fingerprint density at radius 1 is 1.60 bits per heavy atom. The molecule has 6 nitrogen and oxygen atoms in total. The lowest BCUT2D eigenvalue weighted by molar-refractivity contribution is -0.119. The smallest absolute Gasteiger partial charge is 0.231 e. The number of nitrogens with zero attached hydrogens (tertiary/aromatic N) is 3. The van der Waals surface area contributed by atoms with Crippen molar-refractivity contribution in [2.45, 2.75) is 36.6 Å². The number of aromatic nitrogens is 2.